The van der Waals surface area contributed by atoms with Gasteiger partial charge in [0.05, 0.1) is 6.04 Å². The lowest BCUT2D eigenvalue weighted by Crippen LogP contribution is -2.34. The molecule has 0 saturated heterocycles. The summed E-state index contributed by atoms with van der Waals surface area (Å²) >= 11 is 7.66. The Kier molecular flexibility index (Phi) is 6.50. The van der Waals surface area contributed by atoms with Crippen molar-refractivity contribution in [1.29, 1.82) is 0 Å². The second-order valence-corrected chi connectivity index (χ2v) is 6.23. The van der Waals surface area contributed by atoms with Crippen molar-refractivity contribution in [3.8, 4) is 0 Å². The Labute approximate surface area is 144 Å². The molecule has 2 aromatic rings. The highest BCUT2D eigenvalue weighted by molar-refractivity contribution is 7.11. The number of nitrogens with one attached hydrogen (secondary N) is 1. The molecular formula is C16H19ClFN3OS. The van der Waals surface area contributed by atoms with E-state index in [1.807, 2.05) is 19.2 Å². The summed E-state index contributed by atoms with van der Waals surface area (Å²) in [4.78, 5) is 9.05. The van der Waals surface area contributed by atoms with Gasteiger partial charge in [-0.1, -0.05) is 24.6 Å². The smallest absolute Gasteiger partial charge is 0.160 e. The van der Waals surface area contributed by atoms with Gasteiger partial charge in [0, 0.05) is 23.7 Å². The molecule has 4 nitrogen and oxygen atoms in total. The number of nitrogens with zero attached hydrogens (tertiary/aromatic N) is 2. The lowest BCUT2D eigenvalue weighted by Gasteiger charge is -2.18. The number of ether oxygens (including phenoxy) is 1. The number of rotatable bonds is 6. The highest BCUT2D eigenvalue weighted by Crippen LogP contribution is 2.29. The Morgan fingerprint density at radius 3 is 2.87 bits per heavy atom. The van der Waals surface area contributed by atoms with Gasteiger partial charge >= 0.3 is 0 Å². The van der Waals surface area contributed by atoms with E-state index in [1.165, 1.54) is 23.5 Å². The average molecular weight is 356 g/mol. The third kappa shape index (κ3) is 4.73. The predicted molar refractivity (Wildman–Crippen MR) is 92.7 cm³/mol. The molecular weight excluding hydrogens is 337 g/mol. The number of aromatic nitrogens is 1. The Morgan fingerprint density at radius 1 is 1.52 bits per heavy atom. The van der Waals surface area contributed by atoms with Gasteiger partial charge < -0.3 is 10.1 Å². The van der Waals surface area contributed by atoms with E-state index in [4.69, 9.17) is 21.3 Å². The van der Waals surface area contributed by atoms with Gasteiger partial charge in [0.2, 0.25) is 0 Å². The number of aliphatic imine (C=N–C) groups is 1. The molecule has 23 heavy (non-hydrogen) atoms. The minimum Gasteiger partial charge on any atom is -0.362 e. The van der Waals surface area contributed by atoms with Gasteiger partial charge in [-0.2, -0.15) is 0 Å². The van der Waals surface area contributed by atoms with E-state index >= 15 is 0 Å². The zero-order chi connectivity index (χ0) is 16.8. The molecule has 2 rings (SSSR count). The van der Waals surface area contributed by atoms with Gasteiger partial charge in [-0.15, -0.1) is 11.3 Å². The SMILES string of the molecule is CC[C@@H](N=C(NC(C)OC)c1nccs1)c1ccc(F)cc1Cl. The molecule has 1 heterocycles. The van der Waals surface area contributed by atoms with Crippen molar-refractivity contribution in [2.24, 2.45) is 4.99 Å². The van der Waals surface area contributed by atoms with Gasteiger partial charge in [0.15, 0.2) is 10.8 Å². The number of hydrogen-bond acceptors (Lipinski definition) is 4. The van der Waals surface area contributed by atoms with E-state index in [2.05, 4.69) is 10.3 Å². The van der Waals surface area contributed by atoms with Crippen LogP contribution in [0.3, 0.4) is 0 Å². The summed E-state index contributed by atoms with van der Waals surface area (Å²) < 4.78 is 18.5. The maximum Gasteiger partial charge on any atom is 0.160 e. The van der Waals surface area contributed by atoms with Crippen LogP contribution in [-0.4, -0.2) is 24.2 Å². The quantitative estimate of drug-likeness (QED) is 0.474. The van der Waals surface area contributed by atoms with E-state index in [-0.39, 0.29) is 18.1 Å². The van der Waals surface area contributed by atoms with Crippen LogP contribution in [0.1, 0.15) is 36.9 Å². The normalized spacial score (nSPS) is 14.6. The summed E-state index contributed by atoms with van der Waals surface area (Å²) in [5, 5.41) is 6.22. The molecule has 0 aliphatic carbocycles. The molecule has 1 aromatic carbocycles. The van der Waals surface area contributed by atoms with Crippen molar-refractivity contribution < 1.29 is 9.13 Å². The van der Waals surface area contributed by atoms with Crippen molar-refractivity contribution in [1.82, 2.24) is 10.3 Å². The first-order valence-corrected chi connectivity index (χ1v) is 8.52. The standard InChI is InChI=1S/C16H19ClFN3OS/c1-4-14(12-6-5-11(18)9-13(12)17)21-15(20-10(2)22-3)16-19-7-8-23-16/h5-10,14H,4H2,1-3H3,(H,20,21)/t10?,14-/m1/s1. The third-order valence-corrected chi connectivity index (χ3v) is 4.43. The maximum absolute atomic E-state index is 13.3. The first-order valence-electron chi connectivity index (χ1n) is 7.27. The molecule has 0 fully saturated rings. The van der Waals surface area contributed by atoms with Crippen LogP contribution >= 0.6 is 22.9 Å². The van der Waals surface area contributed by atoms with Crippen LogP contribution in [0.2, 0.25) is 5.02 Å². The van der Waals surface area contributed by atoms with E-state index in [1.54, 1.807) is 19.4 Å². The molecule has 0 saturated carbocycles. The number of halogens is 2. The van der Waals surface area contributed by atoms with Crippen LogP contribution in [0.5, 0.6) is 0 Å². The van der Waals surface area contributed by atoms with Crippen molar-refractivity contribution in [3.05, 3.63) is 51.2 Å². The topological polar surface area (TPSA) is 46.5 Å². The summed E-state index contributed by atoms with van der Waals surface area (Å²) in [5.41, 5.74) is 0.788. The first-order chi connectivity index (χ1) is 11.0. The lowest BCUT2D eigenvalue weighted by molar-refractivity contribution is 0.107. The van der Waals surface area contributed by atoms with Crippen LogP contribution in [0.4, 0.5) is 4.39 Å². The molecule has 0 aliphatic heterocycles. The van der Waals surface area contributed by atoms with Crippen LogP contribution in [0.15, 0.2) is 34.8 Å². The zero-order valence-corrected chi connectivity index (χ0v) is 14.8. The van der Waals surface area contributed by atoms with Crippen LogP contribution < -0.4 is 5.32 Å². The molecule has 1 N–H and O–H groups in total. The van der Waals surface area contributed by atoms with E-state index in [0.29, 0.717) is 10.9 Å². The summed E-state index contributed by atoms with van der Waals surface area (Å²) in [6.07, 6.45) is 2.24. The van der Waals surface area contributed by atoms with Gasteiger partial charge in [-0.05, 0) is 31.0 Å². The number of amidine groups is 1. The second-order valence-electron chi connectivity index (χ2n) is 4.93. The van der Waals surface area contributed by atoms with Crippen molar-refractivity contribution >= 4 is 28.8 Å². The van der Waals surface area contributed by atoms with Gasteiger partial charge in [0.25, 0.3) is 0 Å². The average Bonchev–Trinajstić information content (AvgIpc) is 3.06. The fourth-order valence-electron chi connectivity index (χ4n) is 2.05. The Morgan fingerprint density at radius 2 is 2.30 bits per heavy atom. The second kappa shape index (κ2) is 8.38. The van der Waals surface area contributed by atoms with Crippen LogP contribution in [-0.2, 0) is 4.74 Å². The molecule has 1 aromatic heterocycles. The lowest BCUT2D eigenvalue weighted by atomic mass is 10.1. The highest BCUT2D eigenvalue weighted by Gasteiger charge is 2.17. The molecule has 0 aliphatic rings. The number of benzene rings is 1. The van der Waals surface area contributed by atoms with E-state index < -0.39 is 0 Å². The van der Waals surface area contributed by atoms with E-state index in [9.17, 15) is 4.39 Å². The zero-order valence-electron chi connectivity index (χ0n) is 13.2. The summed E-state index contributed by atoms with van der Waals surface area (Å²) in [6, 6.07) is 4.18. The van der Waals surface area contributed by atoms with Gasteiger partial charge in [0.1, 0.15) is 12.0 Å². The van der Waals surface area contributed by atoms with Gasteiger partial charge in [-0.3, -0.25) is 4.99 Å². The Balaban J connectivity index is 2.37. The highest BCUT2D eigenvalue weighted by atomic mass is 35.5. The van der Waals surface area contributed by atoms with Crippen molar-refractivity contribution in [3.63, 3.8) is 0 Å². The van der Waals surface area contributed by atoms with Crippen molar-refractivity contribution in [2.75, 3.05) is 7.11 Å². The van der Waals surface area contributed by atoms with E-state index in [0.717, 1.165) is 17.0 Å². The minimum atomic E-state index is -0.358. The fourth-order valence-corrected chi connectivity index (χ4v) is 2.94. The largest absolute Gasteiger partial charge is 0.362 e. The fraction of sp³-hybridized carbons (Fsp3) is 0.375. The van der Waals surface area contributed by atoms with Crippen LogP contribution in [0.25, 0.3) is 0 Å². The monoisotopic (exact) mass is 355 g/mol. The summed E-state index contributed by atoms with van der Waals surface area (Å²) in [5.74, 6) is 0.283. The Hall–Kier alpha value is -1.50. The first kappa shape index (κ1) is 17.8. The van der Waals surface area contributed by atoms with Crippen LogP contribution in [0, 0.1) is 5.82 Å². The Bertz CT molecular complexity index is 663. The molecule has 0 spiro atoms. The molecule has 0 amide bonds. The number of methoxy groups -OCH3 is 1. The molecule has 2 atom stereocenters. The third-order valence-electron chi connectivity index (χ3n) is 3.32. The molecule has 124 valence electrons. The number of thiazole rings is 1. The predicted octanol–water partition coefficient (Wildman–Crippen LogP) is 4.42. The molecule has 7 heteroatoms. The van der Waals surface area contributed by atoms with Crippen molar-refractivity contribution in [2.45, 2.75) is 32.5 Å². The maximum atomic E-state index is 13.3. The molecule has 0 radical (unpaired) electrons. The molecule has 1 unspecified atom stereocenters. The minimum absolute atomic E-state index is 0.196. The summed E-state index contributed by atoms with van der Waals surface area (Å²) in [6.45, 7) is 3.89. The van der Waals surface area contributed by atoms with Gasteiger partial charge in [-0.25, -0.2) is 9.37 Å². The summed E-state index contributed by atoms with van der Waals surface area (Å²) in [7, 11) is 1.62. The molecule has 0 bridgehead atoms. The number of hydrogen-bond donors (Lipinski definition) is 1.